The number of carbonyl (C=O) groups is 1. The van der Waals surface area contributed by atoms with Crippen molar-refractivity contribution in [3.8, 4) is 5.75 Å². The number of azide groups is 1. The van der Waals surface area contributed by atoms with Crippen LogP contribution in [0, 0.1) is 0 Å². The van der Waals surface area contributed by atoms with Gasteiger partial charge in [0, 0.05) is 4.91 Å². The summed E-state index contributed by atoms with van der Waals surface area (Å²) in [4.78, 5) is 13.2. The molecule has 5 heteroatoms. The minimum atomic E-state index is -0.782. The largest absolute Gasteiger partial charge is 0.497 e. The van der Waals surface area contributed by atoms with Crippen molar-refractivity contribution in [2.75, 3.05) is 7.11 Å². The molecule has 0 N–H and O–H groups in total. The summed E-state index contributed by atoms with van der Waals surface area (Å²) in [6.45, 7) is 0. The molecule has 0 heterocycles. The second-order valence-corrected chi connectivity index (χ2v) is 2.56. The van der Waals surface area contributed by atoms with Crippen LogP contribution in [0.4, 0.5) is 0 Å². The van der Waals surface area contributed by atoms with E-state index in [1.165, 1.54) is 7.11 Å². The summed E-state index contributed by atoms with van der Waals surface area (Å²) in [5.41, 5.74) is 8.85. The van der Waals surface area contributed by atoms with Gasteiger partial charge in [-0.05, 0) is 23.2 Å². The highest BCUT2D eigenvalue weighted by atomic mass is 16.5. The van der Waals surface area contributed by atoms with Crippen LogP contribution in [0.25, 0.3) is 10.4 Å². The van der Waals surface area contributed by atoms with E-state index in [2.05, 4.69) is 10.0 Å². The SMILES string of the molecule is COc1cccc(C(C=O)N=[N+]=[N-])c1. The van der Waals surface area contributed by atoms with Gasteiger partial charge in [-0.15, -0.1) is 0 Å². The van der Waals surface area contributed by atoms with Crippen LogP contribution < -0.4 is 4.74 Å². The van der Waals surface area contributed by atoms with Gasteiger partial charge in [-0.25, -0.2) is 0 Å². The minimum absolute atomic E-state index is 0.592. The Morgan fingerprint density at radius 2 is 2.43 bits per heavy atom. The van der Waals surface area contributed by atoms with E-state index >= 15 is 0 Å². The van der Waals surface area contributed by atoms with Crippen LogP contribution in [-0.4, -0.2) is 13.4 Å². The van der Waals surface area contributed by atoms with Crippen LogP contribution in [0.5, 0.6) is 5.75 Å². The molecule has 1 unspecified atom stereocenters. The molecule has 0 aromatic heterocycles. The summed E-state index contributed by atoms with van der Waals surface area (Å²) in [5, 5.41) is 3.35. The third-order valence-electron chi connectivity index (χ3n) is 1.74. The Balaban J connectivity index is 3.03. The Bertz CT molecular complexity index is 372. The highest BCUT2D eigenvalue weighted by Crippen LogP contribution is 2.20. The molecule has 5 nitrogen and oxygen atoms in total. The lowest BCUT2D eigenvalue weighted by Crippen LogP contribution is -1.95. The van der Waals surface area contributed by atoms with Crippen molar-refractivity contribution >= 4 is 6.29 Å². The van der Waals surface area contributed by atoms with Crippen LogP contribution in [0.15, 0.2) is 29.4 Å². The lowest BCUT2D eigenvalue weighted by atomic mass is 10.1. The number of nitrogens with zero attached hydrogens (tertiary/aromatic N) is 3. The maximum atomic E-state index is 10.6. The first kappa shape index (κ1) is 10.1. The zero-order valence-corrected chi connectivity index (χ0v) is 7.62. The molecule has 0 saturated heterocycles. The maximum Gasteiger partial charge on any atom is 0.133 e. The summed E-state index contributed by atoms with van der Waals surface area (Å²) < 4.78 is 4.98. The topological polar surface area (TPSA) is 75.1 Å². The molecule has 0 radical (unpaired) electrons. The number of methoxy groups -OCH3 is 1. The van der Waals surface area contributed by atoms with Crippen molar-refractivity contribution in [1.29, 1.82) is 0 Å². The average molecular weight is 191 g/mol. The van der Waals surface area contributed by atoms with E-state index in [0.29, 0.717) is 17.6 Å². The number of hydrogen-bond acceptors (Lipinski definition) is 3. The molecule has 0 fully saturated rings. The fourth-order valence-electron chi connectivity index (χ4n) is 1.05. The van der Waals surface area contributed by atoms with Crippen LogP contribution in [0.1, 0.15) is 11.6 Å². The first-order valence-corrected chi connectivity index (χ1v) is 3.95. The predicted molar refractivity (Wildman–Crippen MR) is 50.9 cm³/mol. The molecule has 72 valence electrons. The normalized spacial score (nSPS) is 11.2. The van der Waals surface area contributed by atoms with Crippen LogP contribution in [-0.2, 0) is 4.79 Å². The molecular weight excluding hydrogens is 182 g/mol. The number of ether oxygens (including phenoxy) is 1. The first-order valence-electron chi connectivity index (χ1n) is 3.95. The van der Waals surface area contributed by atoms with Gasteiger partial charge in [0.2, 0.25) is 0 Å². The Labute approximate surface area is 80.9 Å². The summed E-state index contributed by atoms with van der Waals surface area (Å²) in [6, 6.07) is 6.07. The van der Waals surface area contributed by atoms with Gasteiger partial charge in [0.15, 0.2) is 0 Å². The van der Waals surface area contributed by atoms with Gasteiger partial charge < -0.3 is 9.53 Å². The lowest BCUT2D eigenvalue weighted by molar-refractivity contribution is -0.108. The van der Waals surface area contributed by atoms with Crippen LogP contribution in [0.2, 0.25) is 0 Å². The Morgan fingerprint density at radius 1 is 1.64 bits per heavy atom. The second kappa shape index (κ2) is 4.89. The zero-order chi connectivity index (χ0) is 10.4. The van der Waals surface area contributed by atoms with Crippen molar-refractivity contribution in [1.82, 2.24) is 0 Å². The number of carbonyl (C=O) groups excluding carboxylic acids is 1. The molecule has 0 aliphatic heterocycles. The van der Waals surface area contributed by atoms with Crippen LogP contribution in [0.3, 0.4) is 0 Å². The van der Waals surface area contributed by atoms with Gasteiger partial charge in [-0.3, -0.25) is 0 Å². The molecule has 1 rings (SSSR count). The summed E-state index contributed by atoms with van der Waals surface area (Å²) in [5.74, 6) is 0.627. The third-order valence-corrected chi connectivity index (χ3v) is 1.74. The van der Waals surface area contributed by atoms with E-state index in [1.54, 1.807) is 24.3 Å². The summed E-state index contributed by atoms with van der Waals surface area (Å²) in [6.07, 6.45) is 0.592. The van der Waals surface area contributed by atoms with E-state index in [9.17, 15) is 4.79 Å². The van der Waals surface area contributed by atoms with Gasteiger partial charge in [0.05, 0.1) is 7.11 Å². The Morgan fingerprint density at radius 3 is 3.00 bits per heavy atom. The first-order chi connectivity index (χ1) is 6.81. The van der Waals surface area contributed by atoms with Crippen molar-refractivity contribution in [3.05, 3.63) is 40.3 Å². The maximum absolute atomic E-state index is 10.6. The molecule has 0 saturated carbocycles. The summed E-state index contributed by atoms with van der Waals surface area (Å²) in [7, 11) is 1.53. The van der Waals surface area contributed by atoms with E-state index < -0.39 is 6.04 Å². The molecule has 1 aromatic rings. The second-order valence-electron chi connectivity index (χ2n) is 2.56. The van der Waals surface area contributed by atoms with Gasteiger partial charge in [-0.2, -0.15) is 0 Å². The van der Waals surface area contributed by atoms with Gasteiger partial charge in [-0.1, -0.05) is 17.2 Å². The van der Waals surface area contributed by atoms with E-state index in [0.717, 1.165) is 0 Å². The molecule has 0 aliphatic carbocycles. The van der Waals surface area contributed by atoms with Gasteiger partial charge >= 0.3 is 0 Å². The standard InChI is InChI=1S/C9H9N3O2/c1-14-8-4-2-3-7(5-8)9(6-13)11-12-10/h2-6,9H,1H3. The Kier molecular flexibility index (Phi) is 3.52. The number of hydrogen-bond donors (Lipinski definition) is 0. The number of rotatable bonds is 4. The molecule has 1 aromatic carbocycles. The summed E-state index contributed by atoms with van der Waals surface area (Å²) >= 11 is 0. The molecular formula is C9H9N3O2. The van der Waals surface area contributed by atoms with Crippen LogP contribution >= 0.6 is 0 Å². The quantitative estimate of drug-likeness (QED) is 0.316. The van der Waals surface area contributed by atoms with Gasteiger partial charge in [0.25, 0.3) is 0 Å². The van der Waals surface area contributed by atoms with Crippen molar-refractivity contribution in [2.24, 2.45) is 5.11 Å². The molecule has 0 bridgehead atoms. The highest BCUT2D eigenvalue weighted by Gasteiger charge is 2.07. The molecule has 0 aliphatic rings. The molecule has 0 spiro atoms. The molecule has 14 heavy (non-hydrogen) atoms. The third kappa shape index (κ3) is 2.24. The van der Waals surface area contributed by atoms with E-state index in [4.69, 9.17) is 10.3 Å². The fraction of sp³-hybridized carbons (Fsp3) is 0.222. The monoisotopic (exact) mass is 191 g/mol. The fourth-order valence-corrected chi connectivity index (χ4v) is 1.05. The highest BCUT2D eigenvalue weighted by molar-refractivity contribution is 5.62. The van der Waals surface area contributed by atoms with Crippen molar-refractivity contribution in [3.63, 3.8) is 0 Å². The minimum Gasteiger partial charge on any atom is -0.497 e. The number of aldehydes is 1. The smallest absolute Gasteiger partial charge is 0.133 e. The molecule has 0 amide bonds. The van der Waals surface area contributed by atoms with Crippen molar-refractivity contribution < 1.29 is 9.53 Å². The lowest BCUT2D eigenvalue weighted by Gasteiger charge is -2.05. The Hall–Kier alpha value is -2.00. The zero-order valence-electron chi connectivity index (χ0n) is 7.62. The predicted octanol–water partition coefficient (Wildman–Crippen LogP) is 2.25. The van der Waals surface area contributed by atoms with Gasteiger partial charge in [0.1, 0.15) is 18.1 Å². The van der Waals surface area contributed by atoms with E-state index in [-0.39, 0.29) is 0 Å². The average Bonchev–Trinajstić information content (AvgIpc) is 2.26. The van der Waals surface area contributed by atoms with E-state index in [1.807, 2.05) is 0 Å². The number of benzene rings is 1. The molecule has 1 atom stereocenters. The van der Waals surface area contributed by atoms with Crippen molar-refractivity contribution in [2.45, 2.75) is 6.04 Å².